The molecule has 0 unspecified atom stereocenters. The molecular formula is C18H22FN3O2. The minimum Gasteiger partial charge on any atom is -0.490 e. The number of aromatic nitrogens is 2. The Kier molecular flexibility index (Phi) is 5.59. The van der Waals surface area contributed by atoms with Gasteiger partial charge in [0.2, 0.25) is 0 Å². The molecule has 1 aliphatic rings. The number of nitrogens with one attached hydrogen (secondary N) is 1. The predicted octanol–water partition coefficient (Wildman–Crippen LogP) is 2.24. The summed E-state index contributed by atoms with van der Waals surface area (Å²) in [6.07, 6.45) is 4.44. The number of piperidine rings is 1. The molecule has 2 heterocycles. The number of nitrogens with zero attached hydrogens (tertiary/aromatic N) is 2. The van der Waals surface area contributed by atoms with E-state index in [1.165, 1.54) is 6.07 Å². The van der Waals surface area contributed by atoms with E-state index in [-0.39, 0.29) is 11.5 Å². The Bertz CT molecular complexity index is 711. The quantitative estimate of drug-likeness (QED) is 0.882. The van der Waals surface area contributed by atoms with E-state index in [4.69, 9.17) is 4.74 Å². The second kappa shape index (κ2) is 8.06. The molecule has 24 heavy (non-hydrogen) atoms. The molecule has 0 atom stereocenters. The van der Waals surface area contributed by atoms with Crippen molar-refractivity contribution in [3.63, 3.8) is 0 Å². The first-order valence-corrected chi connectivity index (χ1v) is 8.34. The summed E-state index contributed by atoms with van der Waals surface area (Å²) in [6.45, 7) is 3.48. The van der Waals surface area contributed by atoms with Gasteiger partial charge in [0.05, 0.1) is 6.61 Å². The fraction of sp³-hybridized carbons (Fsp3) is 0.444. The molecule has 1 fully saturated rings. The maximum Gasteiger partial charge on any atom is 0.345 e. The lowest BCUT2D eigenvalue weighted by molar-refractivity contribution is 0.140. The average Bonchev–Trinajstić information content (AvgIpc) is 2.60. The smallest absolute Gasteiger partial charge is 0.345 e. The zero-order valence-electron chi connectivity index (χ0n) is 13.6. The molecule has 128 valence electrons. The molecule has 0 saturated carbocycles. The average molecular weight is 331 g/mol. The van der Waals surface area contributed by atoms with E-state index in [2.05, 4.69) is 14.9 Å². The lowest BCUT2D eigenvalue weighted by atomic mass is 9.97. The Morgan fingerprint density at radius 2 is 2.04 bits per heavy atom. The highest BCUT2D eigenvalue weighted by Gasteiger charge is 2.20. The monoisotopic (exact) mass is 331 g/mol. The fourth-order valence-electron chi connectivity index (χ4n) is 2.98. The van der Waals surface area contributed by atoms with Crippen LogP contribution < -0.4 is 10.4 Å². The van der Waals surface area contributed by atoms with E-state index in [1.54, 1.807) is 24.4 Å². The number of ether oxygens (including phenoxy) is 1. The van der Waals surface area contributed by atoms with E-state index in [0.29, 0.717) is 18.3 Å². The number of rotatable bonds is 6. The topological polar surface area (TPSA) is 58.2 Å². The summed E-state index contributed by atoms with van der Waals surface area (Å²) in [5.41, 5.74) is 0.622. The highest BCUT2D eigenvalue weighted by molar-refractivity contribution is 5.23. The zero-order chi connectivity index (χ0) is 16.8. The Hall–Kier alpha value is -2.21. The summed E-state index contributed by atoms with van der Waals surface area (Å²) < 4.78 is 19.1. The molecule has 0 radical (unpaired) electrons. The number of hydrogen-bond donors (Lipinski definition) is 1. The van der Waals surface area contributed by atoms with Crippen LogP contribution in [0.1, 0.15) is 18.5 Å². The summed E-state index contributed by atoms with van der Waals surface area (Å²) >= 11 is 0. The molecule has 3 rings (SSSR count). The van der Waals surface area contributed by atoms with Crippen molar-refractivity contribution in [2.45, 2.75) is 19.3 Å². The van der Waals surface area contributed by atoms with Crippen molar-refractivity contribution in [2.24, 2.45) is 5.92 Å². The van der Waals surface area contributed by atoms with Gasteiger partial charge in [-0.15, -0.1) is 0 Å². The first kappa shape index (κ1) is 16.6. The van der Waals surface area contributed by atoms with Gasteiger partial charge in [0, 0.05) is 24.9 Å². The third-order valence-electron chi connectivity index (χ3n) is 4.45. The molecule has 6 heteroatoms. The molecule has 1 aromatic carbocycles. The third kappa shape index (κ3) is 4.64. The molecule has 0 bridgehead atoms. The Labute approximate surface area is 140 Å². The minimum atomic E-state index is -0.304. The molecule has 0 spiro atoms. The van der Waals surface area contributed by atoms with Crippen molar-refractivity contribution >= 4 is 0 Å². The van der Waals surface area contributed by atoms with E-state index in [9.17, 15) is 9.18 Å². The molecule has 1 aromatic heterocycles. The van der Waals surface area contributed by atoms with Gasteiger partial charge >= 0.3 is 5.69 Å². The maximum absolute atomic E-state index is 13.5. The summed E-state index contributed by atoms with van der Waals surface area (Å²) in [7, 11) is 0. The molecule has 1 N–H and O–H groups in total. The number of halogens is 1. The Balaban J connectivity index is 1.39. The van der Waals surface area contributed by atoms with Gasteiger partial charge in [0.1, 0.15) is 0 Å². The number of likely N-dealkylation sites (tertiary alicyclic amines) is 1. The minimum absolute atomic E-state index is 0.295. The second-order valence-corrected chi connectivity index (χ2v) is 6.18. The van der Waals surface area contributed by atoms with Crippen molar-refractivity contribution in [3.8, 4) is 5.75 Å². The number of hydrogen-bond acceptors (Lipinski definition) is 4. The summed E-state index contributed by atoms with van der Waals surface area (Å²) in [5.74, 6) is 0.490. The van der Waals surface area contributed by atoms with Gasteiger partial charge < -0.3 is 14.6 Å². The van der Waals surface area contributed by atoms with Gasteiger partial charge in [-0.25, -0.2) is 14.2 Å². The predicted molar refractivity (Wildman–Crippen MR) is 89.6 cm³/mol. The molecule has 2 aromatic rings. The molecule has 5 nitrogen and oxygen atoms in total. The van der Waals surface area contributed by atoms with Crippen LogP contribution in [0, 0.1) is 11.7 Å². The van der Waals surface area contributed by atoms with Gasteiger partial charge in [0.25, 0.3) is 0 Å². The van der Waals surface area contributed by atoms with Crippen LogP contribution in [0.25, 0.3) is 0 Å². The third-order valence-corrected chi connectivity index (χ3v) is 4.45. The molecule has 1 aliphatic heterocycles. The van der Waals surface area contributed by atoms with Crippen molar-refractivity contribution in [3.05, 3.63) is 58.5 Å². The van der Waals surface area contributed by atoms with E-state index in [1.807, 2.05) is 6.07 Å². The largest absolute Gasteiger partial charge is 0.490 e. The van der Waals surface area contributed by atoms with E-state index < -0.39 is 0 Å². The van der Waals surface area contributed by atoms with Crippen LogP contribution in [0.3, 0.4) is 0 Å². The molecular weight excluding hydrogens is 309 g/mol. The summed E-state index contributed by atoms with van der Waals surface area (Å²) in [4.78, 5) is 19.9. The summed E-state index contributed by atoms with van der Waals surface area (Å²) in [5, 5.41) is 0. The molecule has 1 saturated heterocycles. The second-order valence-electron chi connectivity index (χ2n) is 6.18. The van der Waals surface area contributed by atoms with Gasteiger partial charge in [-0.05, 0) is 50.0 Å². The van der Waals surface area contributed by atoms with Crippen LogP contribution in [0.4, 0.5) is 4.39 Å². The van der Waals surface area contributed by atoms with Crippen molar-refractivity contribution in [1.82, 2.24) is 14.9 Å². The number of H-pyrrole nitrogens is 1. The van der Waals surface area contributed by atoms with Crippen LogP contribution >= 0.6 is 0 Å². The standard InChI is InChI=1S/C18H22FN3O2/c19-16-3-1-2-4-17(16)24-13-14-6-10-22(11-7-14)12-8-15-5-9-20-18(23)21-15/h1-5,9,14H,6-8,10-13H2,(H,20,21,23). The number of aromatic amines is 1. The Morgan fingerprint density at radius 3 is 2.79 bits per heavy atom. The first-order valence-electron chi connectivity index (χ1n) is 8.34. The van der Waals surface area contributed by atoms with Gasteiger partial charge in [-0.2, -0.15) is 0 Å². The van der Waals surface area contributed by atoms with Crippen molar-refractivity contribution < 1.29 is 9.13 Å². The van der Waals surface area contributed by atoms with Gasteiger partial charge in [-0.1, -0.05) is 12.1 Å². The highest BCUT2D eigenvalue weighted by atomic mass is 19.1. The lowest BCUT2D eigenvalue weighted by Gasteiger charge is -2.31. The van der Waals surface area contributed by atoms with Crippen LogP contribution in [0.2, 0.25) is 0 Å². The van der Waals surface area contributed by atoms with Crippen LogP contribution in [-0.2, 0) is 6.42 Å². The van der Waals surface area contributed by atoms with E-state index >= 15 is 0 Å². The number of benzene rings is 1. The van der Waals surface area contributed by atoms with Crippen molar-refractivity contribution in [2.75, 3.05) is 26.2 Å². The van der Waals surface area contributed by atoms with Gasteiger partial charge in [0.15, 0.2) is 11.6 Å². The normalized spacial score (nSPS) is 16.2. The zero-order valence-corrected chi connectivity index (χ0v) is 13.6. The maximum atomic E-state index is 13.5. The van der Waals surface area contributed by atoms with Gasteiger partial charge in [-0.3, -0.25) is 0 Å². The van der Waals surface area contributed by atoms with E-state index in [0.717, 1.165) is 44.6 Å². The fourth-order valence-corrected chi connectivity index (χ4v) is 2.98. The number of para-hydroxylation sites is 1. The van der Waals surface area contributed by atoms with Crippen LogP contribution in [0.5, 0.6) is 5.75 Å². The van der Waals surface area contributed by atoms with Crippen molar-refractivity contribution in [1.29, 1.82) is 0 Å². The lowest BCUT2D eigenvalue weighted by Crippen LogP contribution is -2.37. The SMILES string of the molecule is O=c1nccc(CCN2CCC(COc3ccccc3F)CC2)[nH]1. The van der Waals surface area contributed by atoms with Crippen LogP contribution in [0.15, 0.2) is 41.3 Å². The van der Waals surface area contributed by atoms with Crippen LogP contribution in [-0.4, -0.2) is 41.1 Å². The molecule has 0 aliphatic carbocycles. The summed E-state index contributed by atoms with van der Waals surface area (Å²) in [6, 6.07) is 8.37. The Morgan fingerprint density at radius 1 is 1.25 bits per heavy atom. The molecule has 0 amide bonds. The first-order chi connectivity index (χ1) is 11.7. The highest BCUT2D eigenvalue weighted by Crippen LogP contribution is 2.21.